The fourth-order valence-electron chi connectivity index (χ4n) is 2.37. The van der Waals surface area contributed by atoms with E-state index in [2.05, 4.69) is 36.9 Å². The van der Waals surface area contributed by atoms with Crippen LogP contribution in [0.4, 0.5) is 5.69 Å². The van der Waals surface area contributed by atoms with Crippen molar-refractivity contribution in [2.75, 3.05) is 24.6 Å². The Morgan fingerprint density at radius 1 is 1.47 bits per heavy atom. The maximum atomic E-state index is 5.84. The summed E-state index contributed by atoms with van der Waals surface area (Å²) >= 11 is 0. The molecule has 3 nitrogen and oxygen atoms in total. The molecule has 3 heteroatoms. The van der Waals surface area contributed by atoms with Crippen molar-refractivity contribution in [1.82, 2.24) is 0 Å². The van der Waals surface area contributed by atoms with Crippen LogP contribution in [0.1, 0.15) is 24.5 Å². The van der Waals surface area contributed by atoms with E-state index in [1.807, 2.05) is 0 Å². The van der Waals surface area contributed by atoms with E-state index in [0.29, 0.717) is 12.6 Å². The first-order valence-electron chi connectivity index (χ1n) is 6.40. The molecule has 0 saturated carbocycles. The van der Waals surface area contributed by atoms with Gasteiger partial charge in [-0.25, -0.2) is 0 Å². The average Bonchev–Trinajstić information content (AvgIpc) is 2.38. The molecule has 94 valence electrons. The van der Waals surface area contributed by atoms with Crippen LogP contribution in [0.5, 0.6) is 0 Å². The Balaban J connectivity index is 2.20. The summed E-state index contributed by atoms with van der Waals surface area (Å²) in [6.45, 7) is 7.64. The first-order chi connectivity index (χ1) is 8.24. The Bertz CT molecular complexity index is 378. The number of rotatable bonds is 3. The minimum Gasteiger partial charge on any atom is -0.375 e. The maximum Gasteiger partial charge on any atom is 0.0748 e. The van der Waals surface area contributed by atoms with Gasteiger partial charge in [0.15, 0.2) is 0 Å². The number of hydrogen-bond acceptors (Lipinski definition) is 3. The maximum absolute atomic E-state index is 5.84. The number of hydrogen-bond donors (Lipinski definition) is 1. The summed E-state index contributed by atoms with van der Waals surface area (Å²) in [6.07, 6.45) is 1.43. The number of nitrogens with two attached hydrogens (primary N) is 1. The molecule has 1 aliphatic heterocycles. The van der Waals surface area contributed by atoms with Gasteiger partial charge in [0.2, 0.25) is 0 Å². The molecule has 1 aliphatic rings. The van der Waals surface area contributed by atoms with Gasteiger partial charge in [-0.15, -0.1) is 0 Å². The smallest absolute Gasteiger partial charge is 0.0748 e. The van der Waals surface area contributed by atoms with E-state index in [9.17, 15) is 0 Å². The Kier molecular flexibility index (Phi) is 4.02. The summed E-state index contributed by atoms with van der Waals surface area (Å²) in [5.41, 5.74) is 9.62. The van der Waals surface area contributed by atoms with Gasteiger partial charge in [0.1, 0.15) is 0 Å². The fourth-order valence-corrected chi connectivity index (χ4v) is 2.37. The number of anilines is 1. The van der Waals surface area contributed by atoms with Gasteiger partial charge in [0.05, 0.1) is 12.7 Å². The van der Waals surface area contributed by atoms with Gasteiger partial charge in [0.25, 0.3) is 0 Å². The van der Waals surface area contributed by atoms with Crippen molar-refractivity contribution >= 4 is 5.69 Å². The average molecular weight is 234 g/mol. The third-order valence-corrected chi connectivity index (χ3v) is 3.39. The molecule has 2 N–H and O–H groups in total. The van der Waals surface area contributed by atoms with Crippen LogP contribution in [0, 0.1) is 6.92 Å². The second-order valence-electron chi connectivity index (χ2n) is 4.68. The Morgan fingerprint density at radius 2 is 2.29 bits per heavy atom. The molecule has 0 aliphatic carbocycles. The zero-order chi connectivity index (χ0) is 12.3. The fraction of sp³-hybridized carbons (Fsp3) is 0.571. The van der Waals surface area contributed by atoms with Crippen LogP contribution in [-0.2, 0) is 11.3 Å². The van der Waals surface area contributed by atoms with Crippen LogP contribution >= 0.6 is 0 Å². The standard InChI is InChI=1S/C14H22N2O/c1-3-13-10-16(6-7-17-13)14-5-4-11(2)8-12(14)9-15/h4-5,8,13H,3,6-7,9-10,15H2,1-2H3. The molecule has 0 bridgehead atoms. The molecule has 1 atom stereocenters. The third kappa shape index (κ3) is 2.79. The van der Waals surface area contributed by atoms with Gasteiger partial charge in [-0.1, -0.05) is 24.6 Å². The number of benzene rings is 1. The van der Waals surface area contributed by atoms with Gasteiger partial charge in [0, 0.05) is 25.3 Å². The van der Waals surface area contributed by atoms with E-state index in [1.54, 1.807) is 0 Å². The molecule has 17 heavy (non-hydrogen) atoms. The van der Waals surface area contributed by atoms with Crippen molar-refractivity contribution in [3.63, 3.8) is 0 Å². The van der Waals surface area contributed by atoms with Gasteiger partial charge in [-0.2, -0.15) is 0 Å². The van der Waals surface area contributed by atoms with E-state index in [-0.39, 0.29) is 0 Å². The highest BCUT2D eigenvalue weighted by Crippen LogP contribution is 2.24. The molecule has 1 aromatic rings. The lowest BCUT2D eigenvalue weighted by Gasteiger charge is -2.35. The van der Waals surface area contributed by atoms with Crippen LogP contribution in [0.3, 0.4) is 0 Å². The molecular weight excluding hydrogens is 212 g/mol. The van der Waals surface area contributed by atoms with Crippen molar-refractivity contribution in [3.05, 3.63) is 29.3 Å². The lowest BCUT2D eigenvalue weighted by molar-refractivity contribution is 0.0384. The molecule has 2 rings (SSSR count). The molecule has 0 amide bonds. The summed E-state index contributed by atoms with van der Waals surface area (Å²) in [6, 6.07) is 6.53. The Labute approximate surface area is 104 Å². The molecule has 0 spiro atoms. The minimum absolute atomic E-state index is 0.357. The second-order valence-corrected chi connectivity index (χ2v) is 4.68. The predicted molar refractivity (Wildman–Crippen MR) is 71.3 cm³/mol. The van der Waals surface area contributed by atoms with E-state index >= 15 is 0 Å². The van der Waals surface area contributed by atoms with Crippen molar-refractivity contribution in [2.24, 2.45) is 5.73 Å². The zero-order valence-corrected chi connectivity index (χ0v) is 10.8. The topological polar surface area (TPSA) is 38.5 Å². The van der Waals surface area contributed by atoms with Crippen molar-refractivity contribution in [1.29, 1.82) is 0 Å². The van der Waals surface area contributed by atoms with Crippen molar-refractivity contribution in [2.45, 2.75) is 32.9 Å². The number of nitrogens with zero attached hydrogens (tertiary/aromatic N) is 1. The largest absolute Gasteiger partial charge is 0.375 e. The highest BCUT2D eigenvalue weighted by molar-refractivity contribution is 5.55. The predicted octanol–water partition coefficient (Wildman–Crippen LogP) is 2.07. The van der Waals surface area contributed by atoms with Gasteiger partial charge in [-0.05, 0) is 25.0 Å². The Hall–Kier alpha value is -1.06. The van der Waals surface area contributed by atoms with Crippen LogP contribution in [0.2, 0.25) is 0 Å². The summed E-state index contributed by atoms with van der Waals surface area (Å²) in [7, 11) is 0. The van der Waals surface area contributed by atoms with Gasteiger partial charge in [-0.3, -0.25) is 0 Å². The van der Waals surface area contributed by atoms with E-state index in [1.165, 1.54) is 16.8 Å². The van der Waals surface area contributed by atoms with E-state index in [0.717, 1.165) is 26.1 Å². The molecular formula is C14H22N2O. The number of morpholine rings is 1. The number of aryl methyl sites for hydroxylation is 1. The quantitative estimate of drug-likeness (QED) is 0.870. The first-order valence-corrected chi connectivity index (χ1v) is 6.40. The SMILES string of the molecule is CCC1CN(c2ccc(C)cc2CN)CCO1. The van der Waals surface area contributed by atoms with E-state index in [4.69, 9.17) is 10.5 Å². The number of ether oxygens (including phenoxy) is 1. The molecule has 1 saturated heterocycles. The lowest BCUT2D eigenvalue weighted by atomic mass is 10.1. The lowest BCUT2D eigenvalue weighted by Crippen LogP contribution is -2.42. The Morgan fingerprint density at radius 3 is 3.00 bits per heavy atom. The molecule has 1 heterocycles. The molecule has 1 fully saturated rings. The highest BCUT2D eigenvalue weighted by atomic mass is 16.5. The second kappa shape index (κ2) is 5.52. The minimum atomic E-state index is 0.357. The van der Waals surface area contributed by atoms with Crippen molar-refractivity contribution < 1.29 is 4.74 Å². The molecule has 1 unspecified atom stereocenters. The van der Waals surface area contributed by atoms with Crippen LogP contribution in [-0.4, -0.2) is 25.8 Å². The summed E-state index contributed by atoms with van der Waals surface area (Å²) in [5.74, 6) is 0. The van der Waals surface area contributed by atoms with Crippen LogP contribution < -0.4 is 10.6 Å². The first kappa shape index (κ1) is 12.4. The molecule has 0 radical (unpaired) electrons. The van der Waals surface area contributed by atoms with Crippen LogP contribution in [0.25, 0.3) is 0 Å². The third-order valence-electron chi connectivity index (χ3n) is 3.39. The van der Waals surface area contributed by atoms with Crippen LogP contribution in [0.15, 0.2) is 18.2 Å². The van der Waals surface area contributed by atoms with E-state index < -0.39 is 0 Å². The monoisotopic (exact) mass is 234 g/mol. The normalized spacial score (nSPS) is 20.6. The summed E-state index contributed by atoms with van der Waals surface area (Å²) in [5, 5.41) is 0. The molecule has 1 aromatic carbocycles. The van der Waals surface area contributed by atoms with Gasteiger partial charge >= 0.3 is 0 Å². The zero-order valence-electron chi connectivity index (χ0n) is 10.8. The summed E-state index contributed by atoms with van der Waals surface area (Å²) < 4.78 is 5.70. The van der Waals surface area contributed by atoms with Crippen molar-refractivity contribution in [3.8, 4) is 0 Å². The van der Waals surface area contributed by atoms with Gasteiger partial charge < -0.3 is 15.4 Å². The highest BCUT2D eigenvalue weighted by Gasteiger charge is 2.20. The molecule has 0 aromatic heterocycles. The summed E-state index contributed by atoms with van der Waals surface area (Å²) in [4.78, 5) is 2.40.